The summed E-state index contributed by atoms with van der Waals surface area (Å²) in [6.45, 7) is 3.76. The number of unbranched alkanes of at least 4 members (excludes halogenated alkanes) is 1. The molecule has 0 N–H and O–H groups in total. The highest BCUT2D eigenvalue weighted by Gasteiger charge is 1.97. The minimum Gasteiger partial charge on any atom is -0.466 e. The van der Waals surface area contributed by atoms with E-state index in [1.54, 1.807) is 6.08 Å². The van der Waals surface area contributed by atoms with Gasteiger partial charge < -0.3 is 9.47 Å². The van der Waals surface area contributed by atoms with Crippen LogP contribution in [-0.4, -0.2) is 25.7 Å². The topological polar surface area (TPSA) is 52.6 Å². The predicted molar refractivity (Wildman–Crippen MR) is 81.6 cm³/mol. The molecule has 0 radical (unpaired) electrons. The zero-order valence-electron chi connectivity index (χ0n) is 12.2. The van der Waals surface area contributed by atoms with Gasteiger partial charge in [0.1, 0.15) is 0 Å². The van der Waals surface area contributed by atoms with Gasteiger partial charge >= 0.3 is 11.9 Å². The molecule has 1 aromatic carbocycles. The summed E-state index contributed by atoms with van der Waals surface area (Å²) in [4.78, 5) is 21.8. The van der Waals surface area contributed by atoms with E-state index in [9.17, 15) is 9.59 Å². The van der Waals surface area contributed by atoms with Crippen LogP contribution in [0.15, 0.2) is 43.0 Å². The van der Waals surface area contributed by atoms with Crippen LogP contribution in [0.3, 0.4) is 0 Å². The van der Waals surface area contributed by atoms with Gasteiger partial charge in [-0.25, -0.2) is 9.59 Å². The van der Waals surface area contributed by atoms with Crippen molar-refractivity contribution in [3.05, 3.63) is 54.1 Å². The van der Waals surface area contributed by atoms with Crippen molar-refractivity contribution in [1.82, 2.24) is 0 Å². The van der Waals surface area contributed by atoms with Gasteiger partial charge in [-0.15, -0.1) is 0 Å². The first-order valence-corrected chi connectivity index (χ1v) is 6.80. The molecule has 0 saturated carbocycles. The number of ether oxygens (including phenoxy) is 2. The van der Waals surface area contributed by atoms with Gasteiger partial charge in [0.2, 0.25) is 0 Å². The molecule has 4 nitrogen and oxygen atoms in total. The molecule has 0 aliphatic heterocycles. The molecule has 0 atom stereocenters. The van der Waals surface area contributed by atoms with E-state index in [1.807, 2.05) is 24.3 Å². The third-order valence-electron chi connectivity index (χ3n) is 2.86. The number of hydrogen-bond acceptors (Lipinski definition) is 4. The summed E-state index contributed by atoms with van der Waals surface area (Å²) in [7, 11) is 1.35. The van der Waals surface area contributed by atoms with Crippen LogP contribution in [0.1, 0.15) is 24.0 Å². The molecule has 0 saturated heterocycles. The maximum absolute atomic E-state index is 11.0. The molecule has 1 rings (SSSR count). The number of esters is 2. The molecule has 4 heteroatoms. The standard InChI is InChI=1S/C17H20O4/c1-3-16(18)21-13-5-4-6-14-7-9-15(10-8-14)11-12-17(19)20-2/h3,7-12H,1,4-6,13H2,2H3/b12-11+. The Morgan fingerprint density at radius 3 is 2.48 bits per heavy atom. The van der Waals surface area contributed by atoms with Crippen molar-refractivity contribution in [1.29, 1.82) is 0 Å². The van der Waals surface area contributed by atoms with Crippen LogP contribution in [0.4, 0.5) is 0 Å². The second-order valence-electron chi connectivity index (χ2n) is 4.43. The van der Waals surface area contributed by atoms with E-state index >= 15 is 0 Å². The summed E-state index contributed by atoms with van der Waals surface area (Å²) < 4.78 is 9.43. The van der Waals surface area contributed by atoms with Crippen LogP contribution in [0.25, 0.3) is 6.08 Å². The van der Waals surface area contributed by atoms with Crippen molar-refractivity contribution < 1.29 is 19.1 Å². The van der Waals surface area contributed by atoms with E-state index < -0.39 is 0 Å². The molecule has 0 aromatic heterocycles. The van der Waals surface area contributed by atoms with E-state index in [2.05, 4.69) is 11.3 Å². The molecule has 0 aliphatic carbocycles. The first-order valence-electron chi connectivity index (χ1n) is 6.80. The van der Waals surface area contributed by atoms with E-state index in [0.29, 0.717) is 6.61 Å². The van der Waals surface area contributed by atoms with Gasteiger partial charge in [-0.05, 0) is 36.5 Å². The van der Waals surface area contributed by atoms with Crippen molar-refractivity contribution in [2.75, 3.05) is 13.7 Å². The number of carbonyl (C=O) groups is 2. The lowest BCUT2D eigenvalue weighted by atomic mass is 10.1. The van der Waals surface area contributed by atoms with E-state index in [-0.39, 0.29) is 11.9 Å². The Morgan fingerprint density at radius 1 is 1.14 bits per heavy atom. The Balaban J connectivity index is 2.31. The molecule has 0 unspecified atom stereocenters. The van der Waals surface area contributed by atoms with Crippen molar-refractivity contribution in [3.63, 3.8) is 0 Å². The van der Waals surface area contributed by atoms with Crippen LogP contribution in [0.2, 0.25) is 0 Å². The third kappa shape index (κ3) is 7.11. The average Bonchev–Trinajstić information content (AvgIpc) is 2.53. The lowest BCUT2D eigenvalue weighted by Crippen LogP contribution is -2.02. The molecule has 0 spiro atoms. The fourth-order valence-corrected chi connectivity index (χ4v) is 1.69. The van der Waals surface area contributed by atoms with Gasteiger partial charge in [0.15, 0.2) is 0 Å². The SMILES string of the molecule is C=CC(=O)OCCCCc1ccc(/C=C/C(=O)OC)cc1. The highest BCUT2D eigenvalue weighted by molar-refractivity contribution is 5.86. The van der Waals surface area contributed by atoms with Gasteiger partial charge in [-0.1, -0.05) is 30.8 Å². The largest absolute Gasteiger partial charge is 0.466 e. The number of methoxy groups -OCH3 is 1. The lowest BCUT2D eigenvalue weighted by molar-refractivity contribution is -0.138. The van der Waals surface area contributed by atoms with Gasteiger partial charge in [0.25, 0.3) is 0 Å². The zero-order chi connectivity index (χ0) is 15.5. The molecule has 0 bridgehead atoms. The molecule has 0 aliphatic rings. The normalized spacial score (nSPS) is 10.3. The first-order chi connectivity index (χ1) is 10.2. The minimum absolute atomic E-state index is 0.367. The van der Waals surface area contributed by atoms with Gasteiger partial charge in [-0.3, -0.25) is 0 Å². The maximum Gasteiger partial charge on any atom is 0.330 e. The molecule has 0 fully saturated rings. The zero-order valence-corrected chi connectivity index (χ0v) is 12.2. The molecule has 112 valence electrons. The highest BCUT2D eigenvalue weighted by atomic mass is 16.5. The summed E-state index contributed by atoms with van der Waals surface area (Å²) in [6, 6.07) is 7.94. The van der Waals surface area contributed by atoms with Crippen molar-refractivity contribution in [2.45, 2.75) is 19.3 Å². The number of benzene rings is 1. The summed E-state index contributed by atoms with van der Waals surface area (Å²) >= 11 is 0. The van der Waals surface area contributed by atoms with Gasteiger partial charge in [0.05, 0.1) is 13.7 Å². The third-order valence-corrected chi connectivity index (χ3v) is 2.86. The predicted octanol–water partition coefficient (Wildman–Crippen LogP) is 2.92. The Labute approximate surface area is 125 Å². The second kappa shape index (κ2) is 9.53. The van der Waals surface area contributed by atoms with E-state index in [0.717, 1.165) is 24.8 Å². The molecule has 1 aromatic rings. The average molecular weight is 288 g/mol. The number of aryl methyl sites for hydroxylation is 1. The number of hydrogen-bond donors (Lipinski definition) is 0. The smallest absolute Gasteiger partial charge is 0.330 e. The first kappa shape index (κ1) is 16.7. The summed E-state index contributed by atoms with van der Waals surface area (Å²) in [5, 5.41) is 0. The van der Waals surface area contributed by atoms with Crippen LogP contribution in [0, 0.1) is 0 Å². The van der Waals surface area contributed by atoms with Gasteiger partial charge in [-0.2, -0.15) is 0 Å². The van der Waals surface area contributed by atoms with Crippen LogP contribution < -0.4 is 0 Å². The van der Waals surface area contributed by atoms with E-state index in [1.165, 1.54) is 24.8 Å². The molecular formula is C17H20O4. The quantitative estimate of drug-likeness (QED) is 0.419. The Bertz CT molecular complexity index is 500. The van der Waals surface area contributed by atoms with E-state index in [4.69, 9.17) is 4.74 Å². The molecular weight excluding hydrogens is 268 g/mol. The Kier molecular flexibility index (Phi) is 7.58. The Hall–Kier alpha value is -2.36. The van der Waals surface area contributed by atoms with Crippen LogP contribution in [-0.2, 0) is 25.5 Å². The van der Waals surface area contributed by atoms with Gasteiger partial charge in [0, 0.05) is 12.2 Å². The van der Waals surface area contributed by atoms with Crippen molar-refractivity contribution >= 4 is 18.0 Å². The molecule has 0 amide bonds. The molecule has 0 heterocycles. The lowest BCUT2D eigenvalue weighted by Gasteiger charge is -2.03. The minimum atomic E-state index is -0.378. The fourth-order valence-electron chi connectivity index (χ4n) is 1.69. The second-order valence-corrected chi connectivity index (χ2v) is 4.43. The summed E-state index contributed by atoms with van der Waals surface area (Å²) in [5.41, 5.74) is 2.16. The van der Waals surface area contributed by atoms with Crippen LogP contribution >= 0.6 is 0 Å². The highest BCUT2D eigenvalue weighted by Crippen LogP contribution is 2.09. The maximum atomic E-state index is 11.0. The number of rotatable bonds is 8. The Morgan fingerprint density at radius 2 is 1.86 bits per heavy atom. The number of carbonyl (C=O) groups excluding carboxylic acids is 2. The van der Waals surface area contributed by atoms with Crippen molar-refractivity contribution in [3.8, 4) is 0 Å². The summed E-state index contributed by atoms with van der Waals surface area (Å²) in [5.74, 6) is -0.745. The van der Waals surface area contributed by atoms with Crippen LogP contribution in [0.5, 0.6) is 0 Å². The fraction of sp³-hybridized carbons (Fsp3) is 0.294. The summed E-state index contributed by atoms with van der Waals surface area (Å²) in [6.07, 6.45) is 6.96. The van der Waals surface area contributed by atoms with Crippen molar-refractivity contribution in [2.24, 2.45) is 0 Å². The monoisotopic (exact) mass is 288 g/mol. The molecule has 21 heavy (non-hydrogen) atoms.